The van der Waals surface area contributed by atoms with Crippen LogP contribution in [0.4, 0.5) is 0 Å². The average molecular weight is 354 g/mol. The Morgan fingerprint density at radius 3 is 2.04 bits per heavy atom. The van der Waals surface area contributed by atoms with Crippen molar-refractivity contribution >= 4 is 8.80 Å². The number of ether oxygens (including phenoxy) is 2. The smallest absolute Gasteiger partial charge is 0.391 e. The maximum absolute atomic E-state index is 9.73. The fourth-order valence-corrected chi connectivity index (χ4v) is 2.72. The molecule has 0 fully saturated rings. The molecule has 0 saturated heterocycles. The van der Waals surface area contributed by atoms with Crippen LogP contribution in [0, 0.1) is 0 Å². The topological polar surface area (TPSA) is 125 Å². The van der Waals surface area contributed by atoms with Gasteiger partial charge in [0.1, 0.15) is 0 Å². The molecule has 0 amide bonds. The molecule has 7 nitrogen and oxygen atoms in total. The summed E-state index contributed by atoms with van der Waals surface area (Å²) in [5.74, 6) is 0. The molecule has 0 aliphatic heterocycles. The van der Waals surface area contributed by atoms with Gasteiger partial charge in [-0.15, -0.1) is 0 Å². The second-order valence-electron chi connectivity index (χ2n) is 5.92. The quantitative estimate of drug-likeness (QED) is 0.189. The van der Waals surface area contributed by atoms with Gasteiger partial charge in [-0.3, -0.25) is 0 Å². The van der Waals surface area contributed by atoms with Crippen molar-refractivity contribution in [3.8, 4) is 0 Å². The first-order valence-electron chi connectivity index (χ1n) is 8.66. The van der Waals surface area contributed by atoms with Crippen molar-refractivity contribution in [2.24, 2.45) is 5.73 Å². The summed E-state index contributed by atoms with van der Waals surface area (Å²) in [6.45, 7) is 2.87. The van der Waals surface area contributed by atoms with E-state index in [4.69, 9.17) is 29.6 Å². The third kappa shape index (κ3) is 19.9. The summed E-state index contributed by atoms with van der Waals surface area (Å²) in [5, 5.41) is 9.73. The molecule has 0 aromatic carbocycles. The predicted octanol–water partition coefficient (Wildman–Crippen LogP) is 0.376. The van der Waals surface area contributed by atoms with E-state index in [0.29, 0.717) is 19.4 Å². The molecule has 6 N–H and O–H groups in total. The Labute approximate surface area is 140 Å². The van der Waals surface area contributed by atoms with Crippen LogP contribution in [0.3, 0.4) is 0 Å². The fourth-order valence-electron chi connectivity index (χ4n) is 2.10. The van der Waals surface area contributed by atoms with Gasteiger partial charge in [-0.05, 0) is 38.6 Å². The Kier molecular flexibility index (Phi) is 15.4. The van der Waals surface area contributed by atoms with Gasteiger partial charge >= 0.3 is 8.80 Å². The fraction of sp³-hybridized carbons (Fsp3) is 1.00. The van der Waals surface area contributed by atoms with Crippen molar-refractivity contribution in [1.29, 1.82) is 0 Å². The van der Waals surface area contributed by atoms with Gasteiger partial charge in [0, 0.05) is 25.9 Å². The van der Waals surface area contributed by atoms with Crippen LogP contribution in [0.1, 0.15) is 51.4 Å². The Hall–Kier alpha value is -0.0631. The Morgan fingerprint density at radius 2 is 1.39 bits per heavy atom. The van der Waals surface area contributed by atoms with Crippen LogP contribution in [0.15, 0.2) is 0 Å². The van der Waals surface area contributed by atoms with Gasteiger partial charge in [0.25, 0.3) is 0 Å². The highest BCUT2D eigenvalue weighted by Gasteiger charge is 2.25. The Bertz CT molecular complexity index is 253. The molecule has 0 aliphatic rings. The molecule has 0 aliphatic carbocycles. The summed E-state index contributed by atoms with van der Waals surface area (Å²) in [6, 6.07) is -0.0304. The van der Waals surface area contributed by atoms with Gasteiger partial charge in [0.2, 0.25) is 0 Å². The molecule has 0 aromatic heterocycles. The van der Waals surface area contributed by atoms with E-state index in [9.17, 15) is 5.11 Å². The van der Waals surface area contributed by atoms with Gasteiger partial charge in [-0.25, -0.2) is 0 Å². The molecule has 0 radical (unpaired) electrons. The van der Waals surface area contributed by atoms with Crippen molar-refractivity contribution in [2.75, 3.05) is 33.0 Å². The third-order valence-electron chi connectivity index (χ3n) is 3.43. The maximum atomic E-state index is 9.73. The van der Waals surface area contributed by atoms with Crippen molar-refractivity contribution in [1.82, 2.24) is 0 Å². The van der Waals surface area contributed by atoms with Crippen LogP contribution in [-0.2, 0) is 9.47 Å². The normalized spacial score (nSPS) is 13.4. The van der Waals surface area contributed by atoms with E-state index < -0.39 is 14.9 Å². The first kappa shape index (κ1) is 22.9. The van der Waals surface area contributed by atoms with E-state index in [0.717, 1.165) is 58.3 Å². The molecule has 0 heterocycles. The summed E-state index contributed by atoms with van der Waals surface area (Å²) >= 11 is 0. The van der Waals surface area contributed by atoms with Crippen LogP contribution in [0.2, 0.25) is 6.04 Å². The molecule has 8 heteroatoms. The largest absolute Gasteiger partial charge is 0.492 e. The highest BCUT2D eigenvalue weighted by Crippen LogP contribution is 2.07. The summed E-state index contributed by atoms with van der Waals surface area (Å²) in [6.07, 6.45) is 6.81. The molecule has 0 bridgehead atoms. The number of hydrogen-bond donors (Lipinski definition) is 5. The minimum Gasteiger partial charge on any atom is -0.391 e. The molecule has 0 rings (SSSR count). The monoisotopic (exact) mass is 353 g/mol. The van der Waals surface area contributed by atoms with Gasteiger partial charge in [-0.2, -0.15) is 0 Å². The van der Waals surface area contributed by atoms with Crippen molar-refractivity contribution in [2.45, 2.75) is 63.5 Å². The first-order chi connectivity index (χ1) is 11.0. The molecular weight excluding hydrogens is 318 g/mol. The minimum absolute atomic E-state index is 0.0304. The van der Waals surface area contributed by atoms with E-state index >= 15 is 0 Å². The lowest BCUT2D eigenvalue weighted by Gasteiger charge is -2.12. The average Bonchev–Trinajstić information content (AvgIpc) is 2.47. The molecule has 0 saturated carbocycles. The second-order valence-corrected chi connectivity index (χ2v) is 7.97. The molecule has 23 heavy (non-hydrogen) atoms. The van der Waals surface area contributed by atoms with E-state index in [-0.39, 0.29) is 12.7 Å². The number of unbranched alkanes of at least 4 members (excludes halogenated alkanes) is 4. The zero-order valence-electron chi connectivity index (χ0n) is 14.2. The van der Waals surface area contributed by atoms with Crippen LogP contribution >= 0.6 is 0 Å². The third-order valence-corrected chi connectivity index (χ3v) is 4.45. The maximum Gasteiger partial charge on any atom is 0.492 e. The number of nitrogens with two attached hydrogens (primary N) is 1. The Morgan fingerprint density at radius 1 is 0.783 bits per heavy atom. The standard InChI is InChI=1S/C15H35NO6Si/c16-9-4-6-11-21-10-5-2-1-3-8-15(17)14-22-12-7-13-23(18,19)20/h15,17-20H,1-14,16H2. The van der Waals surface area contributed by atoms with Gasteiger partial charge in [-0.1, -0.05) is 19.3 Å². The van der Waals surface area contributed by atoms with E-state index in [2.05, 4.69) is 0 Å². The first-order valence-corrected chi connectivity index (χ1v) is 10.7. The molecular formula is C15H35NO6Si. The van der Waals surface area contributed by atoms with E-state index in [1.54, 1.807) is 0 Å². The summed E-state index contributed by atoms with van der Waals surface area (Å²) in [7, 11) is -3.94. The molecule has 140 valence electrons. The summed E-state index contributed by atoms with van der Waals surface area (Å²) in [5.41, 5.74) is 5.40. The van der Waals surface area contributed by atoms with Gasteiger partial charge < -0.3 is 34.7 Å². The number of rotatable bonds is 17. The second kappa shape index (κ2) is 15.5. The highest BCUT2D eigenvalue weighted by atomic mass is 28.4. The summed E-state index contributed by atoms with van der Waals surface area (Å²) < 4.78 is 10.7. The minimum atomic E-state index is -3.94. The SMILES string of the molecule is NCCCCOCCCCCCC(O)COCCC[Si](O)(O)O. The number of hydrogen-bond acceptors (Lipinski definition) is 7. The molecule has 1 unspecified atom stereocenters. The lowest BCUT2D eigenvalue weighted by atomic mass is 10.1. The van der Waals surface area contributed by atoms with Crippen LogP contribution in [0.25, 0.3) is 0 Å². The zero-order chi connectivity index (χ0) is 17.4. The van der Waals surface area contributed by atoms with Crippen LogP contribution < -0.4 is 5.73 Å². The molecule has 0 aromatic rings. The molecule has 1 atom stereocenters. The van der Waals surface area contributed by atoms with Crippen LogP contribution in [-0.4, -0.2) is 67.4 Å². The van der Waals surface area contributed by atoms with E-state index in [1.165, 1.54) is 0 Å². The number of aliphatic hydroxyl groups is 1. The number of aliphatic hydroxyl groups excluding tert-OH is 1. The van der Waals surface area contributed by atoms with Crippen molar-refractivity contribution in [3.05, 3.63) is 0 Å². The van der Waals surface area contributed by atoms with E-state index in [1.807, 2.05) is 0 Å². The van der Waals surface area contributed by atoms with Crippen molar-refractivity contribution < 1.29 is 29.0 Å². The highest BCUT2D eigenvalue weighted by molar-refractivity contribution is 6.56. The lowest BCUT2D eigenvalue weighted by molar-refractivity contribution is 0.0305. The van der Waals surface area contributed by atoms with Crippen molar-refractivity contribution in [3.63, 3.8) is 0 Å². The van der Waals surface area contributed by atoms with Crippen LogP contribution in [0.5, 0.6) is 0 Å². The zero-order valence-corrected chi connectivity index (χ0v) is 15.2. The predicted molar refractivity (Wildman–Crippen MR) is 90.9 cm³/mol. The van der Waals surface area contributed by atoms with Gasteiger partial charge in [0.05, 0.1) is 12.7 Å². The van der Waals surface area contributed by atoms with Gasteiger partial charge in [0.15, 0.2) is 0 Å². The summed E-state index contributed by atoms with van der Waals surface area (Å²) in [4.78, 5) is 26.4. The Balaban J connectivity index is 3.20. The lowest BCUT2D eigenvalue weighted by Crippen LogP contribution is -2.34. The molecule has 0 spiro atoms.